The lowest BCUT2D eigenvalue weighted by molar-refractivity contribution is 0.0987. The van der Waals surface area contributed by atoms with Crippen molar-refractivity contribution in [2.45, 2.75) is 19.4 Å². The molecule has 2 heterocycles. The molecule has 2 aliphatic rings. The molecule has 4 heteroatoms. The molecule has 0 aliphatic carbocycles. The average Bonchev–Trinajstić information content (AvgIpc) is 3.15. The molecule has 0 aromatic heterocycles. The third-order valence-corrected chi connectivity index (χ3v) is 5.69. The molecule has 0 unspecified atom stereocenters. The van der Waals surface area contributed by atoms with Crippen molar-refractivity contribution in [3.8, 4) is 11.1 Å². The van der Waals surface area contributed by atoms with E-state index in [2.05, 4.69) is 41.5 Å². The van der Waals surface area contributed by atoms with Gasteiger partial charge in [-0.05, 0) is 66.1 Å². The van der Waals surface area contributed by atoms with E-state index in [9.17, 15) is 4.79 Å². The molecule has 0 fully saturated rings. The summed E-state index contributed by atoms with van der Waals surface area (Å²) in [4.78, 5) is 19.6. The minimum absolute atomic E-state index is 0.0426. The molecule has 3 aromatic carbocycles. The van der Waals surface area contributed by atoms with Gasteiger partial charge in [-0.1, -0.05) is 36.4 Å². The molecular weight excluding hydrogens is 358 g/mol. The molecule has 5 rings (SSSR count). The zero-order chi connectivity index (χ0) is 19.8. The molecule has 1 amide bonds. The molecule has 0 bridgehead atoms. The van der Waals surface area contributed by atoms with Crippen LogP contribution in [0.1, 0.15) is 23.7 Å². The van der Waals surface area contributed by atoms with E-state index in [0.29, 0.717) is 18.2 Å². The maximum Gasteiger partial charge on any atom is 0.258 e. The van der Waals surface area contributed by atoms with Gasteiger partial charge in [0.2, 0.25) is 0 Å². The van der Waals surface area contributed by atoms with Gasteiger partial charge in [-0.15, -0.1) is 0 Å². The SMILES string of the molecule is C[C@@H]1CCN(C(=O)c2ccc(-c3ccc4c(c3)=CCN=4)cc2)c2ccccc2N1. The Kier molecular flexibility index (Phi) is 4.39. The second-order valence-corrected chi connectivity index (χ2v) is 7.70. The van der Waals surface area contributed by atoms with Crippen molar-refractivity contribution in [2.75, 3.05) is 23.3 Å². The standard InChI is InChI=1S/C25H23N3O/c1-17-13-15-28(24-5-3-2-4-23(24)27-17)25(29)19-8-6-18(7-9-19)20-10-11-22-21(16-20)12-14-26-22/h2-12,16-17,27H,13-15H2,1H3/t17-/m1/s1. The van der Waals surface area contributed by atoms with Crippen LogP contribution in [0.5, 0.6) is 0 Å². The van der Waals surface area contributed by atoms with Crippen LogP contribution >= 0.6 is 0 Å². The predicted octanol–water partition coefficient (Wildman–Crippen LogP) is 3.62. The van der Waals surface area contributed by atoms with Crippen molar-refractivity contribution in [3.63, 3.8) is 0 Å². The summed E-state index contributed by atoms with van der Waals surface area (Å²) in [5.41, 5.74) is 4.93. The highest BCUT2D eigenvalue weighted by Crippen LogP contribution is 2.31. The van der Waals surface area contributed by atoms with Crippen molar-refractivity contribution < 1.29 is 4.79 Å². The summed E-state index contributed by atoms with van der Waals surface area (Å²) in [5.74, 6) is 0.0426. The van der Waals surface area contributed by atoms with Crippen molar-refractivity contribution in [3.05, 3.63) is 82.9 Å². The van der Waals surface area contributed by atoms with Gasteiger partial charge >= 0.3 is 0 Å². The van der Waals surface area contributed by atoms with Gasteiger partial charge in [0.25, 0.3) is 5.91 Å². The zero-order valence-electron chi connectivity index (χ0n) is 16.4. The third-order valence-electron chi connectivity index (χ3n) is 5.69. The summed E-state index contributed by atoms with van der Waals surface area (Å²) in [7, 11) is 0. The van der Waals surface area contributed by atoms with Crippen LogP contribution in [-0.4, -0.2) is 25.0 Å². The lowest BCUT2D eigenvalue weighted by Crippen LogP contribution is -2.32. The van der Waals surface area contributed by atoms with Gasteiger partial charge in [-0.3, -0.25) is 9.79 Å². The second-order valence-electron chi connectivity index (χ2n) is 7.70. The van der Waals surface area contributed by atoms with Crippen LogP contribution in [0.25, 0.3) is 17.2 Å². The Labute approximate surface area is 170 Å². The van der Waals surface area contributed by atoms with Gasteiger partial charge < -0.3 is 10.2 Å². The number of carbonyl (C=O) groups is 1. The fourth-order valence-electron chi connectivity index (χ4n) is 4.07. The van der Waals surface area contributed by atoms with E-state index in [-0.39, 0.29) is 5.91 Å². The number of nitrogens with one attached hydrogen (secondary N) is 1. The van der Waals surface area contributed by atoms with Gasteiger partial charge in [-0.25, -0.2) is 0 Å². The normalized spacial score (nSPS) is 17.3. The Balaban J connectivity index is 1.45. The van der Waals surface area contributed by atoms with E-state index in [1.807, 2.05) is 53.4 Å². The average molecular weight is 381 g/mol. The number of hydrogen-bond donors (Lipinski definition) is 1. The minimum atomic E-state index is 0.0426. The smallest absolute Gasteiger partial charge is 0.258 e. The highest BCUT2D eigenvalue weighted by atomic mass is 16.2. The molecule has 3 aromatic rings. The number of para-hydroxylation sites is 2. The Morgan fingerprint density at radius 1 is 1.03 bits per heavy atom. The summed E-state index contributed by atoms with van der Waals surface area (Å²) in [6, 6.07) is 22.6. The molecule has 29 heavy (non-hydrogen) atoms. The van der Waals surface area contributed by atoms with Crippen LogP contribution in [0.2, 0.25) is 0 Å². The van der Waals surface area contributed by atoms with Gasteiger partial charge in [0.1, 0.15) is 0 Å². The van der Waals surface area contributed by atoms with Gasteiger partial charge in [-0.2, -0.15) is 0 Å². The zero-order valence-corrected chi connectivity index (χ0v) is 16.4. The van der Waals surface area contributed by atoms with Crippen LogP contribution in [-0.2, 0) is 0 Å². The Morgan fingerprint density at radius 3 is 2.69 bits per heavy atom. The van der Waals surface area contributed by atoms with E-state index in [1.54, 1.807) is 0 Å². The summed E-state index contributed by atoms with van der Waals surface area (Å²) < 4.78 is 0. The first kappa shape index (κ1) is 17.7. The summed E-state index contributed by atoms with van der Waals surface area (Å²) >= 11 is 0. The molecule has 0 saturated carbocycles. The molecule has 1 atom stereocenters. The molecule has 0 radical (unpaired) electrons. The number of rotatable bonds is 2. The first-order chi connectivity index (χ1) is 14.2. The van der Waals surface area contributed by atoms with Crippen molar-refractivity contribution >= 4 is 23.4 Å². The predicted molar refractivity (Wildman–Crippen MR) is 118 cm³/mol. The lowest BCUT2D eigenvalue weighted by atomic mass is 10.0. The van der Waals surface area contributed by atoms with Gasteiger partial charge in [0, 0.05) is 18.2 Å². The minimum Gasteiger partial charge on any atom is -0.381 e. The first-order valence-electron chi connectivity index (χ1n) is 10.1. The molecular formula is C25H23N3O. The van der Waals surface area contributed by atoms with E-state index >= 15 is 0 Å². The second kappa shape index (κ2) is 7.21. The Bertz CT molecular complexity index is 1200. The highest BCUT2D eigenvalue weighted by molar-refractivity contribution is 6.08. The maximum absolute atomic E-state index is 13.3. The first-order valence-corrected chi connectivity index (χ1v) is 10.1. The molecule has 1 N–H and O–H groups in total. The molecule has 144 valence electrons. The molecule has 0 spiro atoms. The van der Waals surface area contributed by atoms with E-state index in [4.69, 9.17) is 0 Å². The Morgan fingerprint density at radius 2 is 1.83 bits per heavy atom. The number of hydrogen-bond acceptors (Lipinski definition) is 3. The lowest BCUT2D eigenvalue weighted by Gasteiger charge is -2.22. The highest BCUT2D eigenvalue weighted by Gasteiger charge is 2.24. The topological polar surface area (TPSA) is 44.7 Å². The number of amides is 1. The number of fused-ring (bicyclic) bond motifs is 2. The fourth-order valence-corrected chi connectivity index (χ4v) is 4.07. The molecule has 4 nitrogen and oxygen atoms in total. The monoisotopic (exact) mass is 381 g/mol. The molecule has 0 saturated heterocycles. The quantitative estimate of drug-likeness (QED) is 0.737. The van der Waals surface area contributed by atoms with Crippen LogP contribution in [0.4, 0.5) is 11.4 Å². The van der Waals surface area contributed by atoms with Crippen LogP contribution in [0.3, 0.4) is 0 Å². The fraction of sp³-hybridized carbons (Fsp3) is 0.200. The van der Waals surface area contributed by atoms with Crippen molar-refractivity contribution in [1.29, 1.82) is 0 Å². The molecule has 2 aliphatic heterocycles. The summed E-state index contributed by atoms with van der Waals surface area (Å²) in [6.07, 6.45) is 3.05. The number of benzene rings is 3. The third kappa shape index (κ3) is 3.31. The van der Waals surface area contributed by atoms with E-state index < -0.39 is 0 Å². The van der Waals surface area contributed by atoms with Crippen LogP contribution < -0.4 is 20.8 Å². The summed E-state index contributed by atoms with van der Waals surface area (Å²) in [5, 5.41) is 5.75. The number of carbonyl (C=O) groups excluding carboxylic acids is 1. The van der Waals surface area contributed by atoms with Crippen molar-refractivity contribution in [1.82, 2.24) is 0 Å². The summed E-state index contributed by atoms with van der Waals surface area (Å²) in [6.45, 7) is 3.62. The van der Waals surface area contributed by atoms with Gasteiger partial charge in [0.05, 0.1) is 23.3 Å². The number of anilines is 2. The van der Waals surface area contributed by atoms with Gasteiger partial charge in [0.15, 0.2) is 0 Å². The maximum atomic E-state index is 13.3. The Hall–Kier alpha value is -3.40. The van der Waals surface area contributed by atoms with E-state index in [1.165, 1.54) is 5.22 Å². The van der Waals surface area contributed by atoms with Crippen LogP contribution in [0.15, 0.2) is 71.7 Å². The van der Waals surface area contributed by atoms with Crippen LogP contribution in [0, 0.1) is 0 Å². The number of nitrogens with zero attached hydrogens (tertiary/aromatic N) is 2. The van der Waals surface area contributed by atoms with E-state index in [0.717, 1.165) is 40.8 Å². The van der Waals surface area contributed by atoms with Crippen molar-refractivity contribution in [2.24, 2.45) is 4.99 Å². The largest absolute Gasteiger partial charge is 0.381 e.